The van der Waals surface area contributed by atoms with Crippen LogP contribution in [0.2, 0.25) is 0 Å². The molecule has 0 amide bonds. The van der Waals surface area contributed by atoms with Crippen molar-refractivity contribution < 1.29 is 14.8 Å². The molecule has 0 saturated carbocycles. The third-order valence-electron chi connectivity index (χ3n) is 5.18. The predicted molar refractivity (Wildman–Crippen MR) is 148 cm³/mol. The van der Waals surface area contributed by atoms with Gasteiger partial charge in [-0.1, -0.05) is 24.3 Å². The number of rotatable bonds is 12. The highest BCUT2D eigenvalue weighted by Crippen LogP contribution is 2.19. The van der Waals surface area contributed by atoms with Crippen molar-refractivity contribution in [3.63, 3.8) is 0 Å². The summed E-state index contributed by atoms with van der Waals surface area (Å²) in [6.07, 6.45) is 0.839. The van der Waals surface area contributed by atoms with Crippen LogP contribution in [0.15, 0.2) is 86.8 Å². The molecule has 0 fully saturated rings. The third-order valence-corrected chi connectivity index (χ3v) is 6.78. The summed E-state index contributed by atoms with van der Waals surface area (Å²) in [6.45, 7) is 11.8. The number of nitrogens with one attached hydrogen (secondary N) is 2. The van der Waals surface area contributed by atoms with E-state index < -0.39 is 17.3 Å². The molecular weight excluding hydrogens is 474 g/mol. The minimum absolute atomic E-state index is 0.000951. The topological polar surface area (TPSA) is 150 Å². The molecular formula is C27H35N5O3S. The normalized spacial score (nSPS) is 14.9. The molecule has 2 unspecified atom stereocenters. The van der Waals surface area contributed by atoms with Crippen molar-refractivity contribution in [2.24, 2.45) is 15.7 Å². The van der Waals surface area contributed by atoms with Crippen molar-refractivity contribution in [3.8, 4) is 0 Å². The molecule has 6 N–H and O–H groups in total. The molecule has 192 valence electrons. The average molecular weight is 510 g/mol. The van der Waals surface area contributed by atoms with Gasteiger partial charge in [0, 0.05) is 24.9 Å². The molecule has 0 aromatic heterocycles. The Bertz CT molecular complexity index is 1140. The minimum Gasteiger partial charge on any atom is -0.611 e. The van der Waals surface area contributed by atoms with Crippen LogP contribution in [-0.4, -0.2) is 50.8 Å². The van der Waals surface area contributed by atoms with Gasteiger partial charge in [0.15, 0.2) is 10.7 Å². The van der Waals surface area contributed by atoms with Gasteiger partial charge in [-0.05, 0) is 86.5 Å². The molecule has 9 heteroatoms. The van der Waals surface area contributed by atoms with Crippen LogP contribution in [0.25, 0.3) is 0 Å². The van der Waals surface area contributed by atoms with Crippen molar-refractivity contribution in [2.75, 3.05) is 6.54 Å². The Kier molecular flexibility index (Phi) is 11.1. The van der Waals surface area contributed by atoms with E-state index in [9.17, 15) is 14.8 Å². The second-order valence-corrected chi connectivity index (χ2v) is 10.6. The summed E-state index contributed by atoms with van der Waals surface area (Å²) >= 11 is -1.09. The number of nitrogens with zero attached hydrogens (tertiary/aromatic N) is 2. The number of hydrogen-bond donors (Lipinski definition) is 5. The van der Waals surface area contributed by atoms with Crippen molar-refractivity contribution in [2.45, 2.75) is 50.5 Å². The maximum Gasteiger partial charge on any atom is 0.152 e. The van der Waals surface area contributed by atoms with Gasteiger partial charge < -0.3 is 31.2 Å². The summed E-state index contributed by atoms with van der Waals surface area (Å²) in [5.41, 5.74) is 8.94. The van der Waals surface area contributed by atoms with E-state index in [1.54, 1.807) is 38.1 Å². The van der Waals surface area contributed by atoms with Gasteiger partial charge in [0.2, 0.25) is 0 Å². The molecule has 2 aromatic rings. The first kappa shape index (κ1) is 29.0. The first-order chi connectivity index (χ1) is 17.0. The monoisotopic (exact) mass is 509 g/mol. The quantitative estimate of drug-likeness (QED) is 0.128. The van der Waals surface area contributed by atoms with Crippen LogP contribution >= 0.6 is 0 Å². The second kappa shape index (κ2) is 13.7. The van der Waals surface area contributed by atoms with Crippen LogP contribution in [-0.2, 0) is 17.7 Å². The molecule has 0 heterocycles. The largest absolute Gasteiger partial charge is 0.611 e. The molecule has 0 radical (unpaired) electrons. The van der Waals surface area contributed by atoms with Crippen LogP contribution in [0.1, 0.15) is 44.4 Å². The zero-order valence-electron chi connectivity index (χ0n) is 21.2. The molecule has 0 aliphatic rings. The van der Waals surface area contributed by atoms with E-state index in [-0.39, 0.29) is 28.2 Å². The van der Waals surface area contributed by atoms with Gasteiger partial charge in [-0.2, -0.15) is 0 Å². The Labute approximate surface area is 216 Å². The fraction of sp³-hybridized carbons (Fsp3) is 0.296. The smallest absolute Gasteiger partial charge is 0.152 e. The van der Waals surface area contributed by atoms with E-state index >= 15 is 0 Å². The van der Waals surface area contributed by atoms with E-state index in [1.165, 1.54) is 6.08 Å². The van der Waals surface area contributed by atoms with Crippen LogP contribution in [0, 0.1) is 5.41 Å². The van der Waals surface area contributed by atoms with Gasteiger partial charge in [-0.15, -0.1) is 0 Å². The molecule has 2 rings (SSSR count). The highest BCUT2D eigenvalue weighted by molar-refractivity contribution is 7.92. The maximum atomic E-state index is 12.3. The highest BCUT2D eigenvalue weighted by Gasteiger charge is 2.16. The molecule has 2 atom stereocenters. The van der Waals surface area contributed by atoms with E-state index in [2.05, 4.69) is 22.0 Å². The first-order valence-corrected chi connectivity index (χ1v) is 12.7. The Balaban J connectivity index is 2.23. The highest BCUT2D eigenvalue weighted by atomic mass is 32.2. The zero-order valence-corrected chi connectivity index (χ0v) is 22.0. The van der Waals surface area contributed by atoms with Gasteiger partial charge in [0.25, 0.3) is 0 Å². The Morgan fingerprint density at radius 2 is 1.72 bits per heavy atom. The summed E-state index contributed by atoms with van der Waals surface area (Å²) in [7, 11) is 0. The zero-order chi connectivity index (χ0) is 26.8. The molecule has 0 saturated heterocycles. The first-order valence-electron chi connectivity index (χ1n) is 11.5. The molecule has 0 aliphatic carbocycles. The van der Waals surface area contributed by atoms with Crippen molar-refractivity contribution in [1.82, 2.24) is 5.32 Å². The Morgan fingerprint density at radius 3 is 2.25 bits per heavy atom. The van der Waals surface area contributed by atoms with Crippen molar-refractivity contribution in [3.05, 3.63) is 88.6 Å². The van der Waals surface area contributed by atoms with E-state index in [1.807, 2.05) is 38.1 Å². The summed E-state index contributed by atoms with van der Waals surface area (Å²) in [6, 6.07) is 14.5. The van der Waals surface area contributed by atoms with Crippen LogP contribution in [0.3, 0.4) is 0 Å². The number of allylic oxidation sites excluding steroid dienone is 1. The Morgan fingerprint density at radius 1 is 1.14 bits per heavy atom. The van der Waals surface area contributed by atoms with Crippen LogP contribution in [0.5, 0.6) is 0 Å². The molecule has 36 heavy (non-hydrogen) atoms. The molecule has 2 aromatic carbocycles. The van der Waals surface area contributed by atoms with Crippen LogP contribution in [0.4, 0.5) is 0 Å². The number of hydrogen-bond acceptors (Lipinski definition) is 8. The van der Waals surface area contributed by atoms with E-state index in [4.69, 9.17) is 11.1 Å². The van der Waals surface area contributed by atoms with E-state index in [0.29, 0.717) is 24.4 Å². The summed E-state index contributed by atoms with van der Waals surface area (Å²) in [5, 5.41) is 31.6. The third kappa shape index (κ3) is 8.46. The Hall–Kier alpha value is -3.24. The summed E-state index contributed by atoms with van der Waals surface area (Å²) in [5.74, 6) is -0.391. The van der Waals surface area contributed by atoms with Gasteiger partial charge in [-0.25, -0.2) is 9.98 Å². The number of nitrogens with two attached hydrogens (primary N) is 1. The van der Waals surface area contributed by atoms with Crippen molar-refractivity contribution >= 4 is 29.3 Å². The number of aliphatic hydroxyl groups excluding tert-OH is 2. The molecule has 0 bridgehead atoms. The van der Waals surface area contributed by atoms with Crippen LogP contribution < -0.4 is 11.1 Å². The lowest BCUT2D eigenvalue weighted by Crippen LogP contribution is -2.23. The average Bonchev–Trinajstić information content (AvgIpc) is 2.86. The number of aliphatic hydroxyl groups is 2. The van der Waals surface area contributed by atoms with Gasteiger partial charge >= 0.3 is 0 Å². The molecule has 0 spiro atoms. The minimum atomic E-state index is -1.09. The van der Waals surface area contributed by atoms with Gasteiger partial charge in [0.1, 0.15) is 16.7 Å². The lowest BCUT2D eigenvalue weighted by molar-refractivity contribution is 0.191. The maximum absolute atomic E-state index is 12.3. The summed E-state index contributed by atoms with van der Waals surface area (Å²) in [4.78, 5) is 8.89. The van der Waals surface area contributed by atoms with E-state index in [0.717, 1.165) is 16.0 Å². The predicted octanol–water partition coefficient (Wildman–Crippen LogP) is 3.82. The molecule has 8 nitrogen and oxygen atoms in total. The lowest BCUT2D eigenvalue weighted by Gasteiger charge is -2.14. The SMILES string of the molecule is C=N/C(N)=C(\N=C(/C)c1ccc([S+]([O-])C(C)C)cc1)C(/O)=C/C(=N)c1ccc(CNCC(C)O)cc1. The number of aliphatic imine (C=N–C) groups is 2. The standard InChI is InChI=1S/C27H35N5O3S/c1-17(2)36(35)23-12-10-21(11-13-23)19(4)32-26(27(29)30-5)25(34)14-24(28)22-8-6-20(7-9-22)16-31-15-18(3)33/h6-14,17-18,28,31,33-34H,5,15-16,29H2,1-4H3/b25-14-,27-26-,28-24?,32-19+. The fourth-order valence-corrected chi connectivity index (χ4v) is 4.12. The summed E-state index contributed by atoms with van der Waals surface area (Å²) < 4.78 is 12.3. The lowest BCUT2D eigenvalue weighted by atomic mass is 10.1. The fourth-order valence-electron chi connectivity index (χ4n) is 3.17. The second-order valence-electron chi connectivity index (χ2n) is 8.58. The van der Waals surface area contributed by atoms with Gasteiger partial charge in [0.05, 0.1) is 11.8 Å². The van der Waals surface area contributed by atoms with Gasteiger partial charge in [-0.3, -0.25) is 0 Å². The molecule has 0 aliphatic heterocycles. The van der Waals surface area contributed by atoms with Crippen molar-refractivity contribution in [1.29, 1.82) is 5.41 Å². The number of benzene rings is 2.